The number of rotatable bonds is 4. The number of ether oxygens (including phenoxy) is 1. The van der Waals surface area contributed by atoms with Gasteiger partial charge in [-0.3, -0.25) is 11.3 Å². The minimum atomic E-state index is -4.32. The van der Waals surface area contributed by atoms with Crippen LogP contribution in [0.2, 0.25) is 0 Å². The van der Waals surface area contributed by atoms with Crippen molar-refractivity contribution in [2.75, 3.05) is 6.61 Å². The summed E-state index contributed by atoms with van der Waals surface area (Å²) in [6, 6.07) is 5.19. The van der Waals surface area contributed by atoms with Gasteiger partial charge in [0.25, 0.3) is 0 Å². The Hall–Kier alpha value is -1.11. The number of halogens is 3. The molecule has 0 aliphatic carbocycles. The second-order valence-electron chi connectivity index (χ2n) is 5.08. The molecule has 20 heavy (non-hydrogen) atoms. The van der Waals surface area contributed by atoms with Crippen LogP contribution in [-0.2, 0) is 17.3 Å². The lowest BCUT2D eigenvalue weighted by molar-refractivity contribution is -0.137. The molecule has 1 heterocycles. The van der Waals surface area contributed by atoms with E-state index >= 15 is 0 Å². The number of benzene rings is 1. The summed E-state index contributed by atoms with van der Waals surface area (Å²) < 4.78 is 43.7. The Morgan fingerprint density at radius 2 is 2.15 bits per heavy atom. The smallest absolute Gasteiger partial charge is 0.377 e. The molecule has 0 saturated carbocycles. The molecule has 6 heteroatoms. The van der Waals surface area contributed by atoms with Crippen LogP contribution in [0.5, 0.6) is 0 Å². The van der Waals surface area contributed by atoms with E-state index in [9.17, 15) is 13.2 Å². The topological polar surface area (TPSA) is 47.3 Å². The Morgan fingerprint density at radius 1 is 1.35 bits per heavy atom. The third-order valence-electron chi connectivity index (χ3n) is 3.59. The average Bonchev–Trinajstić information content (AvgIpc) is 2.45. The molecule has 0 amide bonds. The van der Waals surface area contributed by atoms with Crippen molar-refractivity contribution < 1.29 is 17.9 Å². The van der Waals surface area contributed by atoms with E-state index in [-0.39, 0.29) is 12.1 Å². The molecule has 3 N–H and O–H groups in total. The van der Waals surface area contributed by atoms with Crippen LogP contribution >= 0.6 is 0 Å². The van der Waals surface area contributed by atoms with Crippen LogP contribution in [0.15, 0.2) is 24.3 Å². The average molecular weight is 288 g/mol. The number of nitrogens with two attached hydrogens (primary N) is 1. The zero-order valence-electron chi connectivity index (χ0n) is 11.1. The maximum Gasteiger partial charge on any atom is 0.416 e. The Labute approximate surface area is 116 Å². The summed E-state index contributed by atoms with van der Waals surface area (Å²) in [7, 11) is 0. The van der Waals surface area contributed by atoms with Gasteiger partial charge in [-0.25, -0.2) is 0 Å². The molecule has 3 nitrogen and oxygen atoms in total. The lowest BCUT2D eigenvalue weighted by Gasteiger charge is -2.30. The van der Waals surface area contributed by atoms with Crippen molar-refractivity contribution in [3.05, 3.63) is 35.4 Å². The van der Waals surface area contributed by atoms with E-state index in [0.29, 0.717) is 18.6 Å². The highest BCUT2D eigenvalue weighted by molar-refractivity contribution is 5.26. The Balaban J connectivity index is 2.07. The molecular formula is C14H19F3N2O. The number of hydrogen-bond acceptors (Lipinski definition) is 3. The SMILES string of the molecule is NNC(Cc1cccc(C(F)(F)F)c1)C1CCCCO1. The Kier molecular flexibility index (Phi) is 5.01. The van der Waals surface area contributed by atoms with Crippen LogP contribution in [0.1, 0.15) is 30.4 Å². The molecule has 0 spiro atoms. The predicted molar refractivity (Wildman–Crippen MR) is 69.9 cm³/mol. The van der Waals surface area contributed by atoms with E-state index in [1.54, 1.807) is 6.07 Å². The van der Waals surface area contributed by atoms with Gasteiger partial charge >= 0.3 is 6.18 Å². The lowest BCUT2D eigenvalue weighted by Crippen LogP contribution is -2.47. The quantitative estimate of drug-likeness (QED) is 0.661. The minimum absolute atomic E-state index is 0.0386. The third-order valence-corrected chi connectivity index (χ3v) is 3.59. The van der Waals surface area contributed by atoms with Gasteiger partial charge in [-0.05, 0) is 37.3 Å². The second-order valence-corrected chi connectivity index (χ2v) is 5.08. The van der Waals surface area contributed by atoms with E-state index in [2.05, 4.69) is 5.43 Å². The van der Waals surface area contributed by atoms with Crippen LogP contribution in [0.3, 0.4) is 0 Å². The van der Waals surface area contributed by atoms with Crippen LogP contribution in [0.25, 0.3) is 0 Å². The predicted octanol–water partition coefficient (Wildman–Crippen LogP) is 2.65. The van der Waals surface area contributed by atoms with Gasteiger partial charge in [0.1, 0.15) is 0 Å². The maximum absolute atomic E-state index is 12.7. The van der Waals surface area contributed by atoms with Gasteiger partial charge in [-0.1, -0.05) is 18.2 Å². The highest BCUT2D eigenvalue weighted by Crippen LogP contribution is 2.30. The fourth-order valence-corrected chi connectivity index (χ4v) is 2.51. The van der Waals surface area contributed by atoms with E-state index in [1.165, 1.54) is 12.1 Å². The van der Waals surface area contributed by atoms with Crippen molar-refractivity contribution in [3.63, 3.8) is 0 Å². The molecule has 0 aromatic heterocycles. The first-order chi connectivity index (χ1) is 9.50. The summed E-state index contributed by atoms with van der Waals surface area (Å²) in [6.45, 7) is 0.686. The van der Waals surface area contributed by atoms with Crippen molar-refractivity contribution >= 4 is 0 Å². The van der Waals surface area contributed by atoms with E-state index < -0.39 is 11.7 Å². The van der Waals surface area contributed by atoms with Crippen LogP contribution in [-0.4, -0.2) is 18.8 Å². The molecule has 112 valence electrons. The first-order valence-electron chi connectivity index (χ1n) is 6.74. The Morgan fingerprint density at radius 3 is 2.75 bits per heavy atom. The van der Waals surface area contributed by atoms with Crippen molar-refractivity contribution in [2.24, 2.45) is 5.84 Å². The molecule has 1 aromatic carbocycles. The van der Waals surface area contributed by atoms with Gasteiger partial charge < -0.3 is 4.74 Å². The third kappa shape index (κ3) is 3.94. The molecule has 2 atom stereocenters. The van der Waals surface area contributed by atoms with E-state index in [1.807, 2.05) is 0 Å². The lowest BCUT2D eigenvalue weighted by atomic mass is 9.95. The highest BCUT2D eigenvalue weighted by Gasteiger charge is 2.31. The Bertz CT molecular complexity index is 431. The zero-order chi connectivity index (χ0) is 14.6. The molecule has 1 fully saturated rings. The maximum atomic E-state index is 12.7. The van der Waals surface area contributed by atoms with Crippen LogP contribution in [0.4, 0.5) is 13.2 Å². The van der Waals surface area contributed by atoms with Gasteiger partial charge in [0.15, 0.2) is 0 Å². The van der Waals surface area contributed by atoms with Gasteiger partial charge in [0.05, 0.1) is 17.7 Å². The van der Waals surface area contributed by atoms with Crippen molar-refractivity contribution in [2.45, 2.75) is 44.0 Å². The highest BCUT2D eigenvalue weighted by atomic mass is 19.4. The minimum Gasteiger partial charge on any atom is -0.377 e. The molecule has 0 radical (unpaired) electrons. The fraction of sp³-hybridized carbons (Fsp3) is 0.571. The number of alkyl halides is 3. The summed E-state index contributed by atoms with van der Waals surface area (Å²) in [4.78, 5) is 0. The first-order valence-corrected chi connectivity index (χ1v) is 6.74. The number of hydrogen-bond donors (Lipinski definition) is 2. The number of hydrazine groups is 1. The molecule has 2 rings (SSSR count). The van der Waals surface area contributed by atoms with Crippen molar-refractivity contribution in [1.29, 1.82) is 0 Å². The molecular weight excluding hydrogens is 269 g/mol. The molecule has 1 saturated heterocycles. The van der Waals surface area contributed by atoms with Gasteiger partial charge in [0.2, 0.25) is 0 Å². The second kappa shape index (κ2) is 6.56. The van der Waals surface area contributed by atoms with E-state index in [4.69, 9.17) is 10.6 Å². The first kappa shape index (κ1) is 15.3. The standard InChI is InChI=1S/C14H19F3N2O/c15-14(16,17)11-5-3-4-10(8-11)9-12(19-18)13-6-1-2-7-20-13/h3-5,8,12-13,19H,1-2,6-7,9,18H2. The van der Waals surface area contributed by atoms with Gasteiger partial charge in [0, 0.05) is 6.61 Å². The summed E-state index contributed by atoms with van der Waals surface area (Å²) >= 11 is 0. The number of nitrogens with one attached hydrogen (secondary N) is 1. The molecule has 1 aliphatic heterocycles. The van der Waals surface area contributed by atoms with Gasteiger partial charge in [-0.2, -0.15) is 13.2 Å². The monoisotopic (exact) mass is 288 g/mol. The summed E-state index contributed by atoms with van der Waals surface area (Å²) in [5.41, 5.74) is 2.65. The van der Waals surface area contributed by atoms with Crippen LogP contribution < -0.4 is 11.3 Å². The van der Waals surface area contributed by atoms with Crippen molar-refractivity contribution in [1.82, 2.24) is 5.43 Å². The van der Waals surface area contributed by atoms with Crippen LogP contribution in [0, 0.1) is 0 Å². The molecule has 0 bridgehead atoms. The van der Waals surface area contributed by atoms with Crippen molar-refractivity contribution in [3.8, 4) is 0 Å². The molecule has 1 aliphatic rings. The summed E-state index contributed by atoms with van der Waals surface area (Å²) in [5, 5.41) is 0. The zero-order valence-corrected chi connectivity index (χ0v) is 11.1. The van der Waals surface area contributed by atoms with E-state index in [0.717, 1.165) is 25.3 Å². The molecule has 2 unspecified atom stereocenters. The largest absolute Gasteiger partial charge is 0.416 e. The molecule has 1 aromatic rings. The fourth-order valence-electron chi connectivity index (χ4n) is 2.51. The van der Waals surface area contributed by atoms with Gasteiger partial charge in [-0.15, -0.1) is 0 Å². The summed E-state index contributed by atoms with van der Waals surface area (Å²) in [6.07, 6.45) is -0.965. The normalized spacial score (nSPS) is 21.7. The summed E-state index contributed by atoms with van der Waals surface area (Å²) in [5.74, 6) is 5.52.